The van der Waals surface area contributed by atoms with Crippen LogP contribution in [0, 0.1) is 0 Å². The number of nitrogens with one attached hydrogen (secondary N) is 1. The standard InChI is InChI=1S/C8H20N2O/c1-3-4-8(7-9)10-5-6-11-2/h8,10H,3-7,9H2,1-2H3. The van der Waals surface area contributed by atoms with Crippen LogP contribution < -0.4 is 11.1 Å². The van der Waals surface area contributed by atoms with Crippen molar-refractivity contribution in [2.75, 3.05) is 26.8 Å². The van der Waals surface area contributed by atoms with Crippen LogP contribution in [-0.2, 0) is 4.74 Å². The lowest BCUT2D eigenvalue weighted by Gasteiger charge is -2.14. The highest BCUT2D eigenvalue weighted by Gasteiger charge is 2.01. The van der Waals surface area contributed by atoms with Gasteiger partial charge in [-0.15, -0.1) is 0 Å². The largest absolute Gasteiger partial charge is 0.383 e. The molecule has 0 spiro atoms. The van der Waals surface area contributed by atoms with Crippen LogP contribution in [-0.4, -0.2) is 32.8 Å². The molecule has 0 saturated heterocycles. The highest BCUT2D eigenvalue weighted by atomic mass is 16.5. The second-order valence-corrected chi connectivity index (χ2v) is 2.67. The van der Waals surface area contributed by atoms with E-state index in [1.807, 2.05) is 0 Å². The Kier molecular flexibility index (Phi) is 7.89. The highest BCUT2D eigenvalue weighted by Crippen LogP contribution is 1.93. The van der Waals surface area contributed by atoms with E-state index in [1.165, 1.54) is 6.42 Å². The molecule has 0 aromatic carbocycles. The van der Waals surface area contributed by atoms with Crippen LogP contribution in [0.4, 0.5) is 0 Å². The first-order valence-electron chi connectivity index (χ1n) is 4.27. The van der Waals surface area contributed by atoms with Crippen LogP contribution in [0.2, 0.25) is 0 Å². The SMILES string of the molecule is CCCC(CN)NCCOC. The van der Waals surface area contributed by atoms with Crippen LogP contribution in [0.5, 0.6) is 0 Å². The predicted octanol–water partition coefficient (Wildman–Crippen LogP) is 0.350. The lowest BCUT2D eigenvalue weighted by molar-refractivity contribution is 0.195. The van der Waals surface area contributed by atoms with Crippen LogP contribution in [0.15, 0.2) is 0 Å². The lowest BCUT2D eigenvalue weighted by atomic mass is 10.2. The summed E-state index contributed by atoms with van der Waals surface area (Å²) in [5.41, 5.74) is 5.54. The minimum Gasteiger partial charge on any atom is -0.383 e. The molecule has 0 aliphatic carbocycles. The van der Waals surface area contributed by atoms with Crippen molar-refractivity contribution in [1.29, 1.82) is 0 Å². The number of ether oxygens (including phenoxy) is 1. The molecule has 0 rings (SSSR count). The normalized spacial score (nSPS) is 13.4. The molecule has 0 aromatic heterocycles. The maximum absolute atomic E-state index is 5.54. The van der Waals surface area contributed by atoms with Gasteiger partial charge in [0.2, 0.25) is 0 Å². The minimum absolute atomic E-state index is 0.468. The Bertz CT molecular complexity index is 78.5. The zero-order valence-corrected chi connectivity index (χ0v) is 7.60. The Balaban J connectivity index is 3.20. The topological polar surface area (TPSA) is 47.3 Å². The number of nitrogens with two attached hydrogens (primary N) is 1. The average molecular weight is 160 g/mol. The van der Waals surface area contributed by atoms with Gasteiger partial charge in [0.15, 0.2) is 0 Å². The maximum Gasteiger partial charge on any atom is 0.0587 e. The molecular formula is C8H20N2O. The highest BCUT2D eigenvalue weighted by molar-refractivity contribution is 4.65. The monoisotopic (exact) mass is 160 g/mol. The minimum atomic E-state index is 0.468. The Morgan fingerprint density at radius 3 is 2.73 bits per heavy atom. The Morgan fingerprint density at radius 1 is 1.55 bits per heavy atom. The summed E-state index contributed by atoms with van der Waals surface area (Å²) in [5.74, 6) is 0. The van der Waals surface area contributed by atoms with Crippen molar-refractivity contribution >= 4 is 0 Å². The Hall–Kier alpha value is -0.120. The third kappa shape index (κ3) is 6.28. The fourth-order valence-electron chi connectivity index (χ4n) is 1.02. The zero-order valence-electron chi connectivity index (χ0n) is 7.60. The van der Waals surface area contributed by atoms with Crippen molar-refractivity contribution < 1.29 is 4.74 Å². The van der Waals surface area contributed by atoms with Crippen LogP contribution in [0.25, 0.3) is 0 Å². The van der Waals surface area contributed by atoms with Gasteiger partial charge in [-0.2, -0.15) is 0 Å². The molecule has 1 unspecified atom stereocenters. The van der Waals surface area contributed by atoms with E-state index >= 15 is 0 Å². The van der Waals surface area contributed by atoms with Gasteiger partial charge in [0.05, 0.1) is 6.61 Å². The molecule has 0 aliphatic rings. The lowest BCUT2D eigenvalue weighted by Crippen LogP contribution is -2.37. The average Bonchev–Trinajstić information content (AvgIpc) is 2.03. The molecule has 0 amide bonds. The van der Waals surface area contributed by atoms with Crippen molar-refractivity contribution in [2.45, 2.75) is 25.8 Å². The molecular weight excluding hydrogens is 140 g/mol. The van der Waals surface area contributed by atoms with E-state index in [2.05, 4.69) is 12.2 Å². The van der Waals surface area contributed by atoms with Crippen LogP contribution in [0.1, 0.15) is 19.8 Å². The molecule has 0 aromatic rings. The van der Waals surface area contributed by atoms with Gasteiger partial charge in [-0.1, -0.05) is 13.3 Å². The first-order chi connectivity index (χ1) is 5.35. The predicted molar refractivity (Wildman–Crippen MR) is 47.6 cm³/mol. The molecule has 0 heterocycles. The molecule has 11 heavy (non-hydrogen) atoms. The van der Waals surface area contributed by atoms with Crippen molar-refractivity contribution in [3.05, 3.63) is 0 Å². The summed E-state index contributed by atoms with van der Waals surface area (Å²) in [6, 6.07) is 0.468. The first-order valence-corrected chi connectivity index (χ1v) is 4.27. The maximum atomic E-state index is 5.54. The summed E-state index contributed by atoms with van der Waals surface area (Å²) >= 11 is 0. The fraction of sp³-hybridized carbons (Fsp3) is 1.00. The van der Waals surface area contributed by atoms with E-state index in [0.717, 1.165) is 26.1 Å². The van der Waals surface area contributed by atoms with Crippen LogP contribution in [0.3, 0.4) is 0 Å². The molecule has 1 atom stereocenters. The van der Waals surface area contributed by atoms with Crippen molar-refractivity contribution in [1.82, 2.24) is 5.32 Å². The Morgan fingerprint density at radius 2 is 2.27 bits per heavy atom. The van der Waals surface area contributed by atoms with Crippen molar-refractivity contribution in [2.24, 2.45) is 5.73 Å². The molecule has 0 radical (unpaired) electrons. The second kappa shape index (κ2) is 7.98. The van der Waals surface area contributed by atoms with Gasteiger partial charge in [-0.25, -0.2) is 0 Å². The van der Waals surface area contributed by atoms with Gasteiger partial charge in [-0.05, 0) is 6.42 Å². The molecule has 0 aliphatic heterocycles. The van der Waals surface area contributed by atoms with Gasteiger partial charge >= 0.3 is 0 Å². The molecule has 3 N–H and O–H groups in total. The molecule has 68 valence electrons. The van der Waals surface area contributed by atoms with E-state index < -0.39 is 0 Å². The van der Waals surface area contributed by atoms with Gasteiger partial charge in [-0.3, -0.25) is 0 Å². The van der Waals surface area contributed by atoms with E-state index in [0.29, 0.717) is 6.04 Å². The number of hydrogen-bond donors (Lipinski definition) is 2. The third-order valence-electron chi connectivity index (χ3n) is 1.66. The zero-order chi connectivity index (χ0) is 8.53. The molecule has 0 bridgehead atoms. The summed E-state index contributed by atoms with van der Waals surface area (Å²) < 4.78 is 4.91. The number of methoxy groups -OCH3 is 1. The molecule has 3 heteroatoms. The summed E-state index contributed by atoms with van der Waals surface area (Å²) in [5, 5.41) is 3.32. The number of hydrogen-bond acceptors (Lipinski definition) is 3. The fourth-order valence-corrected chi connectivity index (χ4v) is 1.02. The molecule has 3 nitrogen and oxygen atoms in total. The molecule has 0 fully saturated rings. The van der Waals surface area contributed by atoms with Crippen molar-refractivity contribution in [3.8, 4) is 0 Å². The number of rotatable bonds is 7. The smallest absolute Gasteiger partial charge is 0.0587 e. The van der Waals surface area contributed by atoms with E-state index in [9.17, 15) is 0 Å². The van der Waals surface area contributed by atoms with E-state index in [4.69, 9.17) is 10.5 Å². The first kappa shape index (κ1) is 10.9. The van der Waals surface area contributed by atoms with Crippen LogP contribution >= 0.6 is 0 Å². The summed E-state index contributed by atoms with van der Waals surface area (Å²) in [4.78, 5) is 0. The summed E-state index contributed by atoms with van der Waals surface area (Å²) in [6.07, 6.45) is 2.34. The van der Waals surface area contributed by atoms with Gasteiger partial charge in [0.1, 0.15) is 0 Å². The van der Waals surface area contributed by atoms with E-state index in [1.54, 1.807) is 7.11 Å². The van der Waals surface area contributed by atoms with E-state index in [-0.39, 0.29) is 0 Å². The third-order valence-corrected chi connectivity index (χ3v) is 1.66. The second-order valence-electron chi connectivity index (χ2n) is 2.67. The van der Waals surface area contributed by atoms with Gasteiger partial charge in [0.25, 0.3) is 0 Å². The molecule has 0 saturated carbocycles. The van der Waals surface area contributed by atoms with Gasteiger partial charge < -0.3 is 15.8 Å². The summed E-state index contributed by atoms with van der Waals surface area (Å²) in [6.45, 7) is 4.55. The Labute approximate surface area is 69.3 Å². The summed E-state index contributed by atoms with van der Waals surface area (Å²) in [7, 11) is 1.71. The van der Waals surface area contributed by atoms with Crippen molar-refractivity contribution in [3.63, 3.8) is 0 Å². The quantitative estimate of drug-likeness (QED) is 0.528. The van der Waals surface area contributed by atoms with Gasteiger partial charge in [0, 0.05) is 26.2 Å².